The minimum Gasteiger partial charge on any atom is -0.494 e. The molecule has 0 fully saturated rings. The molecule has 0 aromatic heterocycles. The van der Waals surface area contributed by atoms with E-state index in [4.69, 9.17) is 15.6 Å². The van der Waals surface area contributed by atoms with E-state index in [1.165, 1.54) is 16.7 Å². The van der Waals surface area contributed by atoms with Crippen molar-refractivity contribution in [1.29, 1.82) is 0 Å². The standard InChI is InChI=1S/C24H26N2O3/c25-23(17-27)24(28)26-21-12-14-22(15-13-21)29-16-4-5-18-8-10-20(11-9-18)19-6-2-1-3-7-19/h1-3,6-15,23,27H,4-5,16-17,25H2,(H,26,28). The van der Waals surface area contributed by atoms with Crippen molar-refractivity contribution >= 4 is 11.6 Å². The van der Waals surface area contributed by atoms with Gasteiger partial charge in [-0.15, -0.1) is 0 Å². The quantitative estimate of drug-likeness (QED) is 0.487. The van der Waals surface area contributed by atoms with Gasteiger partial charge in [-0.1, -0.05) is 54.6 Å². The molecule has 4 N–H and O–H groups in total. The van der Waals surface area contributed by atoms with Crippen LogP contribution in [-0.2, 0) is 11.2 Å². The fourth-order valence-electron chi connectivity index (χ4n) is 2.91. The second-order valence-corrected chi connectivity index (χ2v) is 6.82. The number of nitrogens with two attached hydrogens (primary N) is 1. The maximum Gasteiger partial charge on any atom is 0.243 e. The van der Waals surface area contributed by atoms with Crippen LogP contribution in [0.25, 0.3) is 11.1 Å². The van der Waals surface area contributed by atoms with Gasteiger partial charge in [-0.2, -0.15) is 0 Å². The lowest BCUT2D eigenvalue weighted by Gasteiger charge is -2.11. The number of aryl methyl sites for hydroxylation is 1. The molecule has 0 aliphatic heterocycles. The summed E-state index contributed by atoms with van der Waals surface area (Å²) >= 11 is 0. The van der Waals surface area contributed by atoms with Gasteiger partial charge in [0.05, 0.1) is 13.2 Å². The van der Waals surface area contributed by atoms with E-state index < -0.39 is 11.9 Å². The van der Waals surface area contributed by atoms with E-state index >= 15 is 0 Å². The molecule has 0 radical (unpaired) electrons. The highest BCUT2D eigenvalue weighted by Crippen LogP contribution is 2.20. The van der Waals surface area contributed by atoms with Crippen molar-refractivity contribution in [3.05, 3.63) is 84.4 Å². The van der Waals surface area contributed by atoms with Crippen LogP contribution in [0, 0.1) is 0 Å². The van der Waals surface area contributed by atoms with Crippen molar-refractivity contribution in [2.24, 2.45) is 5.73 Å². The van der Waals surface area contributed by atoms with E-state index in [9.17, 15) is 4.79 Å². The number of hydrogen-bond donors (Lipinski definition) is 3. The number of rotatable bonds is 9. The second kappa shape index (κ2) is 10.4. The van der Waals surface area contributed by atoms with E-state index in [2.05, 4.69) is 41.7 Å². The molecule has 1 amide bonds. The first-order chi connectivity index (χ1) is 14.2. The lowest BCUT2D eigenvalue weighted by molar-refractivity contribution is -0.118. The molecule has 0 aliphatic rings. The monoisotopic (exact) mass is 390 g/mol. The molecule has 3 aromatic carbocycles. The van der Waals surface area contributed by atoms with Crippen LogP contribution >= 0.6 is 0 Å². The normalized spacial score (nSPS) is 11.7. The van der Waals surface area contributed by atoms with Crippen LogP contribution in [0.4, 0.5) is 5.69 Å². The van der Waals surface area contributed by atoms with Crippen molar-refractivity contribution in [2.75, 3.05) is 18.5 Å². The average molecular weight is 390 g/mol. The lowest BCUT2D eigenvalue weighted by Crippen LogP contribution is -2.38. The highest BCUT2D eigenvalue weighted by molar-refractivity contribution is 5.94. The van der Waals surface area contributed by atoms with Gasteiger partial charge in [0.1, 0.15) is 11.8 Å². The van der Waals surface area contributed by atoms with Crippen LogP contribution in [-0.4, -0.2) is 30.3 Å². The molecule has 0 heterocycles. The van der Waals surface area contributed by atoms with Gasteiger partial charge in [-0.3, -0.25) is 4.79 Å². The van der Waals surface area contributed by atoms with E-state index in [0.29, 0.717) is 12.3 Å². The Bertz CT molecular complexity index is 894. The first-order valence-electron chi connectivity index (χ1n) is 9.70. The van der Waals surface area contributed by atoms with Crippen molar-refractivity contribution in [3.8, 4) is 16.9 Å². The number of amides is 1. The largest absolute Gasteiger partial charge is 0.494 e. The Balaban J connectivity index is 1.42. The molecule has 29 heavy (non-hydrogen) atoms. The van der Waals surface area contributed by atoms with Gasteiger partial charge < -0.3 is 20.9 Å². The molecule has 1 unspecified atom stereocenters. The van der Waals surface area contributed by atoms with Crippen molar-refractivity contribution < 1.29 is 14.6 Å². The number of hydrogen-bond acceptors (Lipinski definition) is 4. The molecule has 3 rings (SSSR count). The topological polar surface area (TPSA) is 84.6 Å². The minimum absolute atomic E-state index is 0.387. The molecule has 0 spiro atoms. The molecule has 0 saturated heterocycles. The highest BCUT2D eigenvalue weighted by atomic mass is 16.5. The lowest BCUT2D eigenvalue weighted by atomic mass is 10.0. The zero-order chi connectivity index (χ0) is 20.5. The summed E-state index contributed by atoms with van der Waals surface area (Å²) in [6.07, 6.45) is 1.86. The van der Waals surface area contributed by atoms with Crippen molar-refractivity contribution in [3.63, 3.8) is 0 Å². The molecule has 5 heteroatoms. The molecular weight excluding hydrogens is 364 g/mol. The van der Waals surface area contributed by atoms with Gasteiger partial charge in [0.25, 0.3) is 0 Å². The summed E-state index contributed by atoms with van der Waals surface area (Å²) in [6, 6.07) is 25.2. The molecule has 3 aromatic rings. The van der Waals surface area contributed by atoms with Crippen LogP contribution in [0.2, 0.25) is 0 Å². The summed E-state index contributed by atoms with van der Waals surface area (Å²) < 4.78 is 5.77. The first-order valence-corrected chi connectivity index (χ1v) is 9.70. The van der Waals surface area contributed by atoms with Crippen LogP contribution in [0.5, 0.6) is 5.75 Å². The van der Waals surface area contributed by atoms with Gasteiger partial charge >= 0.3 is 0 Å². The molecule has 0 aliphatic carbocycles. The molecule has 1 atom stereocenters. The summed E-state index contributed by atoms with van der Waals surface area (Å²) in [6.45, 7) is 0.226. The Kier molecular flexibility index (Phi) is 7.39. The van der Waals surface area contributed by atoms with Gasteiger partial charge in [-0.05, 0) is 53.8 Å². The highest BCUT2D eigenvalue weighted by Gasteiger charge is 2.11. The molecule has 5 nitrogen and oxygen atoms in total. The van der Waals surface area contributed by atoms with Crippen LogP contribution < -0.4 is 15.8 Å². The van der Waals surface area contributed by atoms with E-state index in [-0.39, 0.29) is 6.61 Å². The Hall–Kier alpha value is -3.15. The number of anilines is 1. The molecule has 0 saturated carbocycles. The summed E-state index contributed by atoms with van der Waals surface area (Å²) in [4.78, 5) is 11.6. The summed E-state index contributed by atoms with van der Waals surface area (Å²) in [5.74, 6) is 0.327. The first kappa shape index (κ1) is 20.6. The maximum absolute atomic E-state index is 11.6. The molecule has 0 bridgehead atoms. The zero-order valence-electron chi connectivity index (χ0n) is 16.3. The Morgan fingerprint density at radius 1 is 0.931 bits per heavy atom. The Labute approximate surface area is 171 Å². The van der Waals surface area contributed by atoms with Gasteiger partial charge in [0, 0.05) is 5.69 Å². The fourth-order valence-corrected chi connectivity index (χ4v) is 2.91. The maximum atomic E-state index is 11.6. The number of aliphatic hydroxyl groups excluding tert-OH is 1. The minimum atomic E-state index is -0.923. The third-order valence-electron chi connectivity index (χ3n) is 4.59. The fraction of sp³-hybridized carbons (Fsp3) is 0.208. The van der Waals surface area contributed by atoms with E-state index in [1.807, 2.05) is 18.2 Å². The Morgan fingerprint density at radius 2 is 1.59 bits per heavy atom. The number of benzene rings is 3. The third kappa shape index (κ3) is 6.17. The van der Waals surface area contributed by atoms with Crippen LogP contribution in [0.3, 0.4) is 0 Å². The summed E-state index contributed by atoms with van der Waals surface area (Å²) in [5, 5.41) is 11.5. The molecular formula is C24H26N2O3. The zero-order valence-corrected chi connectivity index (χ0v) is 16.3. The van der Waals surface area contributed by atoms with E-state index in [0.717, 1.165) is 18.6 Å². The Morgan fingerprint density at radius 3 is 2.24 bits per heavy atom. The number of carbonyl (C=O) groups excluding carboxylic acids is 1. The number of ether oxygens (including phenoxy) is 1. The van der Waals surface area contributed by atoms with E-state index in [1.54, 1.807) is 24.3 Å². The van der Waals surface area contributed by atoms with Gasteiger partial charge in [0.2, 0.25) is 5.91 Å². The molecule has 150 valence electrons. The van der Waals surface area contributed by atoms with Gasteiger partial charge in [-0.25, -0.2) is 0 Å². The van der Waals surface area contributed by atoms with Crippen LogP contribution in [0.15, 0.2) is 78.9 Å². The third-order valence-corrected chi connectivity index (χ3v) is 4.59. The summed E-state index contributed by atoms with van der Waals surface area (Å²) in [5.41, 5.74) is 9.82. The number of nitrogens with one attached hydrogen (secondary N) is 1. The van der Waals surface area contributed by atoms with Crippen molar-refractivity contribution in [2.45, 2.75) is 18.9 Å². The van der Waals surface area contributed by atoms with Gasteiger partial charge in [0.15, 0.2) is 0 Å². The predicted molar refractivity (Wildman–Crippen MR) is 116 cm³/mol. The smallest absolute Gasteiger partial charge is 0.243 e. The SMILES string of the molecule is NC(CO)C(=O)Nc1ccc(OCCCc2ccc(-c3ccccc3)cc2)cc1. The number of carbonyl (C=O) groups is 1. The predicted octanol–water partition coefficient (Wildman–Crippen LogP) is 3.62. The average Bonchev–Trinajstić information content (AvgIpc) is 2.78. The van der Waals surface area contributed by atoms with Crippen LogP contribution in [0.1, 0.15) is 12.0 Å². The second-order valence-electron chi connectivity index (χ2n) is 6.82. The summed E-state index contributed by atoms with van der Waals surface area (Å²) in [7, 11) is 0. The number of aliphatic hydroxyl groups is 1. The van der Waals surface area contributed by atoms with Crippen molar-refractivity contribution in [1.82, 2.24) is 0 Å².